The summed E-state index contributed by atoms with van der Waals surface area (Å²) in [5.41, 5.74) is 5.59. The first-order chi connectivity index (χ1) is 7.08. The van der Waals surface area contributed by atoms with Crippen molar-refractivity contribution in [2.75, 3.05) is 5.73 Å². The minimum atomic E-state index is -0.562. The fourth-order valence-corrected chi connectivity index (χ4v) is 1.35. The van der Waals surface area contributed by atoms with Crippen LogP contribution in [-0.4, -0.2) is 4.98 Å². The standard InChI is InChI=1S/C10H8F2N2O/c1-5-9(14-10(13)15-5)7-4-6(11)2-3-8(7)12/h2-4H,1H3,(H2,13,14). The summed E-state index contributed by atoms with van der Waals surface area (Å²) in [6.07, 6.45) is 0. The lowest BCUT2D eigenvalue weighted by molar-refractivity contribution is 0.548. The zero-order valence-electron chi connectivity index (χ0n) is 7.92. The molecule has 0 aliphatic heterocycles. The molecule has 0 saturated carbocycles. The Morgan fingerprint density at radius 3 is 2.67 bits per heavy atom. The van der Waals surface area contributed by atoms with Gasteiger partial charge in [-0.3, -0.25) is 0 Å². The molecule has 0 amide bonds. The number of nitrogens with two attached hydrogens (primary N) is 1. The van der Waals surface area contributed by atoms with Gasteiger partial charge in [0, 0.05) is 5.56 Å². The third kappa shape index (κ3) is 1.68. The third-order valence-electron chi connectivity index (χ3n) is 2.00. The van der Waals surface area contributed by atoms with Crippen molar-refractivity contribution in [3.8, 4) is 11.3 Å². The number of hydrogen-bond donors (Lipinski definition) is 1. The van der Waals surface area contributed by atoms with Gasteiger partial charge in [0.15, 0.2) is 0 Å². The highest BCUT2D eigenvalue weighted by Crippen LogP contribution is 2.27. The van der Waals surface area contributed by atoms with Crippen LogP contribution in [-0.2, 0) is 0 Å². The van der Waals surface area contributed by atoms with Crippen LogP contribution in [0.5, 0.6) is 0 Å². The van der Waals surface area contributed by atoms with E-state index in [0.717, 1.165) is 18.2 Å². The van der Waals surface area contributed by atoms with E-state index in [9.17, 15) is 8.78 Å². The fourth-order valence-electron chi connectivity index (χ4n) is 1.35. The normalized spacial score (nSPS) is 10.6. The quantitative estimate of drug-likeness (QED) is 0.786. The molecule has 0 spiro atoms. The number of benzene rings is 1. The van der Waals surface area contributed by atoms with Gasteiger partial charge in [0.25, 0.3) is 6.01 Å². The Balaban J connectivity index is 2.62. The van der Waals surface area contributed by atoms with Gasteiger partial charge < -0.3 is 10.2 Å². The van der Waals surface area contributed by atoms with E-state index in [-0.39, 0.29) is 17.3 Å². The lowest BCUT2D eigenvalue weighted by Crippen LogP contribution is -1.89. The van der Waals surface area contributed by atoms with Crippen molar-refractivity contribution in [1.82, 2.24) is 4.98 Å². The molecule has 5 heteroatoms. The highest BCUT2D eigenvalue weighted by molar-refractivity contribution is 5.63. The predicted octanol–water partition coefficient (Wildman–Crippen LogP) is 2.51. The lowest BCUT2D eigenvalue weighted by Gasteiger charge is -1.99. The van der Waals surface area contributed by atoms with Crippen molar-refractivity contribution in [2.24, 2.45) is 0 Å². The SMILES string of the molecule is Cc1oc(N)nc1-c1cc(F)ccc1F. The van der Waals surface area contributed by atoms with Gasteiger partial charge in [-0.15, -0.1) is 0 Å². The van der Waals surface area contributed by atoms with Gasteiger partial charge >= 0.3 is 0 Å². The molecule has 2 aromatic rings. The summed E-state index contributed by atoms with van der Waals surface area (Å²) in [6, 6.07) is 3.07. The highest BCUT2D eigenvalue weighted by atomic mass is 19.1. The molecular formula is C10H8F2N2O. The summed E-state index contributed by atoms with van der Waals surface area (Å²) in [4.78, 5) is 3.79. The maximum Gasteiger partial charge on any atom is 0.292 e. The fraction of sp³-hybridized carbons (Fsp3) is 0.100. The van der Waals surface area contributed by atoms with Gasteiger partial charge in [0.2, 0.25) is 0 Å². The summed E-state index contributed by atoms with van der Waals surface area (Å²) in [6.45, 7) is 1.59. The van der Waals surface area contributed by atoms with Crippen LogP contribution in [0.3, 0.4) is 0 Å². The second-order valence-corrected chi connectivity index (χ2v) is 3.08. The molecule has 1 aromatic carbocycles. The molecule has 0 fully saturated rings. The molecular weight excluding hydrogens is 202 g/mol. The summed E-state index contributed by atoms with van der Waals surface area (Å²) in [5.74, 6) is -0.739. The minimum Gasteiger partial charge on any atom is -0.429 e. The largest absolute Gasteiger partial charge is 0.429 e. The molecule has 0 aliphatic rings. The first-order valence-electron chi connectivity index (χ1n) is 4.26. The molecule has 2 rings (SSSR count). The van der Waals surface area contributed by atoms with Crippen molar-refractivity contribution >= 4 is 6.01 Å². The van der Waals surface area contributed by atoms with E-state index < -0.39 is 11.6 Å². The first-order valence-corrected chi connectivity index (χ1v) is 4.26. The van der Waals surface area contributed by atoms with Crippen molar-refractivity contribution in [3.05, 3.63) is 35.6 Å². The molecule has 15 heavy (non-hydrogen) atoms. The molecule has 78 valence electrons. The number of aryl methyl sites for hydroxylation is 1. The van der Waals surface area contributed by atoms with Crippen molar-refractivity contribution < 1.29 is 13.2 Å². The van der Waals surface area contributed by atoms with E-state index in [0.29, 0.717) is 5.76 Å². The second-order valence-electron chi connectivity index (χ2n) is 3.08. The number of aromatic nitrogens is 1. The van der Waals surface area contributed by atoms with Crippen molar-refractivity contribution in [3.63, 3.8) is 0 Å². The number of nitrogens with zero attached hydrogens (tertiary/aromatic N) is 1. The number of anilines is 1. The van der Waals surface area contributed by atoms with E-state index >= 15 is 0 Å². The number of rotatable bonds is 1. The maximum atomic E-state index is 13.4. The van der Waals surface area contributed by atoms with Gasteiger partial charge in [-0.25, -0.2) is 8.78 Å². The molecule has 0 atom stereocenters. The van der Waals surface area contributed by atoms with Gasteiger partial charge in [-0.05, 0) is 25.1 Å². The Morgan fingerprint density at radius 2 is 2.07 bits per heavy atom. The Labute approximate surface area is 84.5 Å². The summed E-state index contributed by atoms with van der Waals surface area (Å²) in [5, 5.41) is 0. The summed E-state index contributed by atoms with van der Waals surface area (Å²) in [7, 11) is 0. The zero-order chi connectivity index (χ0) is 11.0. The van der Waals surface area contributed by atoms with Crippen LogP contribution < -0.4 is 5.73 Å². The van der Waals surface area contributed by atoms with Crippen LogP contribution in [0, 0.1) is 18.6 Å². The van der Waals surface area contributed by atoms with Gasteiger partial charge in [0.05, 0.1) is 0 Å². The Bertz CT molecular complexity index is 508. The lowest BCUT2D eigenvalue weighted by atomic mass is 10.1. The third-order valence-corrected chi connectivity index (χ3v) is 2.00. The topological polar surface area (TPSA) is 52.0 Å². The van der Waals surface area contributed by atoms with Crippen LogP contribution in [0.2, 0.25) is 0 Å². The van der Waals surface area contributed by atoms with E-state index in [4.69, 9.17) is 10.2 Å². The van der Waals surface area contributed by atoms with Crippen LogP contribution in [0.15, 0.2) is 22.6 Å². The monoisotopic (exact) mass is 210 g/mol. The number of hydrogen-bond acceptors (Lipinski definition) is 3. The van der Waals surface area contributed by atoms with Crippen LogP contribution in [0.25, 0.3) is 11.3 Å². The van der Waals surface area contributed by atoms with Crippen LogP contribution >= 0.6 is 0 Å². The Morgan fingerprint density at radius 1 is 1.33 bits per heavy atom. The minimum absolute atomic E-state index is 0.0490. The van der Waals surface area contributed by atoms with E-state index in [1.165, 1.54) is 0 Å². The Hall–Kier alpha value is -1.91. The Kier molecular flexibility index (Phi) is 2.15. The smallest absolute Gasteiger partial charge is 0.292 e. The number of halogens is 2. The highest BCUT2D eigenvalue weighted by Gasteiger charge is 2.14. The van der Waals surface area contributed by atoms with Crippen LogP contribution in [0.1, 0.15) is 5.76 Å². The summed E-state index contributed by atoms with van der Waals surface area (Å²) >= 11 is 0. The second kappa shape index (κ2) is 3.34. The molecule has 2 N–H and O–H groups in total. The van der Waals surface area contributed by atoms with E-state index in [1.807, 2.05) is 0 Å². The number of oxazole rings is 1. The molecule has 0 aliphatic carbocycles. The summed E-state index contributed by atoms with van der Waals surface area (Å²) < 4.78 is 31.2. The molecule has 0 unspecified atom stereocenters. The molecule has 0 saturated heterocycles. The zero-order valence-corrected chi connectivity index (χ0v) is 7.92. The average molecular weight is 210 g/mol. The predicted molar refractivity (Wildman–Crippen MR) is 51.0 cm³/mol. The molecule has 1 aromatic heterocycles. The van der Waals surface area contributed by atoms with Crippen molar-refractivity contribution in [1.29, 1.82) is 0 Å². The number of nitrogen functional groups attached to an aromatic ring is 1. The van der Waals surface area contributed by atoms with Gasteiger partial charge in [0.1, 0.15) is 23.1 Å². The maximum absolute atomic E-state index is 13.4. The van der Waals surface area contributed by atoms with E-state index in [2.05, 4.69) is 4.98 Å². The molecule has 1 heterocycles. The van der Waals surface area contributed by atoms with Gasteiger partial charge in [-0.2, -0.15) is 4.98 Å². The molecule has 3 nitrogen and oxygen atoms in total. The average Bonchev–Trinajstić information content (AvgIpc) is 2.50. The van der Waals surface area contributed by atoms with Gasteiger partial charge in [-0.1, -0.05) is 0 Å². The van der Waals surface area contributed by atoms with E-state index in [1.54, 1.807) is 6.92 Å². The van der Waals surface area contributed by atoms with Crippen molar-refractivity contribution in [2.45, 2.75) is 6.92 Å². The molecule has 0 bridgehead atoms. The first kappa shape index (κ1) is 9.64. The molecule has 0 radical (unpaired) electrons. The van der Waals surface area contributed by atoms with Crippen LogP contribution in [0.4, 0.5) is 14.8 Å².